The molecule has 2 aromatic carbocycles. The highest BCUT2D eigenvalue weighted by atomic mass is 35.5. The van der Waals surface area contributed by atoms with E-state index in [1.165, 1.54) is 17.9 Å². The van der Waals surface area contributed by atoms with Crippen molar-refractivity contribution in [3.63, 3.8) is 0 Å². The van der Waals surface area contributed by atoms with Gasteiger partial charge in [0.1, 0.15) is 17.8 Å². The molecule has 0 saturated heterocycles. The van der Waals surface area contributed by atoms with Crippen LogP contribution in [-0.4, -0.2) is 40.9 Å². The summed E-state index contributed by atoms with van der Waals surface area (Å²) < 4.78 is 6.77. The number of amides is 3. The van der Waals surface area contributed by atoms with E-state index in [0.717, 1.165) is 0 Å². The summed E-state index contributed by atoms with van der Waals surface area (Å²) >= 11 is 6.19. The first-order valence-corrected chi connectivity index (χ1v) is 9.66. The number of primary amides is 1. The number of nitrogens with one attached hydrogen (secondary N) is 2. The number of carbonyl (C=O) groups is 3. The van der Waals surface area contributed by atoms with Crippen molar-refractivity contribution in [1.82, 2.24) is 14.9 Å². The number of hydrogen-bond donors (Lipinski definition) is 3. The van der Waals surface area contributed by atoms with Gasteiger partial charge in [-0.15, -0.1) is 0 Å². The van der Waals surface area contributed by atoms with Crippen molar-refractivity contribution >= 4 is 35.0 Å². The van der Waals surface area contributed by atoms with Crippen molar-refractivity contribution in [2.75, 3.05) is 19.0 Å². The van der Waals surface area contributed by atoms with Gasteiger partial charge >= 0.3 is 0 Å². The van der Waals surface area contributed by atoms with Gasteiger partial charge in [-0.2, -0.15) is 0 Å². The van der Waals surface area contributed by atoms with Crippen molar-refractivity contribution in [3.8, 4) is 11.4 Å². The number of anilines is 1. The molecule has 3 aromatic rings. The average Bonchev–Trinajstić information content (AvgIpc) is 3.19. The van der Waals surface area contributed by atoms with E-state index in [1.807, 2.05) is 6.92 Å². The van der Waals surface area contributed by atoms with Crippen LogP contribution in [0.1, 0.15) is 38.3 Å². The molecule has 160 valence electrons. The number of hydrogen-bond acceptors (Lipinski definition) is 5. The van der Waals surface area contributed by atoms with Crippen LogP contribution in [0.3, 0.4) is 0 Å². The van der Waals surface area contributed by atoms with Gasteiger partial charge in [-0.25, -0.2) is 4.98 Å². The maximum atomic E-state index is 12.6. The monoisotopic (exact) mass is 441 g/mol. The van der Waals surface area contributed by atoms with E-state index >= 15 is 0 Å². The van der Waals surface area contributed by atoms with Crippen molar-refractivity contribution in [2.24, 2.45) is 5.73 Å². The van der Waals surface area contributed by atoms with Crippen LogP contribution in [0, 0.1) is 0 Å². The Balaban J connectivity index is 1.81. The first-order valence-electron chi connectivity index (χ1n) is 9.29. The molecule has 0 spiro atoms. The minimum absolute atomic E-state index is 0.0442. The van der Waals surface area contributed by atoms with E-state index in [4.69, 9.17) is 22.1 Å². The summed E-state index contributed by atoms with van der Waals surface area (Å²) in [4.78, 5) is 40.3. The fraction of sp³-hybridized carbons (Fsp3) is 0.143. The molecular weight excluding hydrogens is 422 g/mol. The summed E-state index contributed by atoms with van der Waals surface area (Å²) in [7, 11) is 1.43. The molecule has 3 rings (SSSR count). The highest BCUT2D eigenvalue weighted by molar-refractivity contribution is 6.34. The molecule has 3 amide bonds. The van der Waals surface area contributed by atoms with E-state index in [1.54, 1.807) is 42.5 Å². The summed E-state index contributed by atoms with van der Waals surface area (Å²) in [5.41, 5.74) is 6.66. The Kier molecular flexibility index (Phi) is 6.56. The number of halogens is 1. The Morgan fingerprint density at radius 2 is 1.84 bits per heavy atom. The number of aromatic nitrogens is 2. The molecule has 0 unspecified atom stereocenters. The number of ether oxygens (including phenoxy) is 1. The van der Waals surface area contributed by atoms with Gasteiger partial charge in [0.15, 0.2) is 5.69 Å². The quantitative estimate of drug-likeness (QED) is 0.519. The van der Waals surface area contributed by atoms with Crippen LogP contribution >= 0.6 is 11.6 Å². The third kappa shape index (κ3) is 4.67. The highest BCUT2D eigenvalue weighted by Gasteiger charge is 2.22. The Morgan fingerprint density at radius 1 is 1.13 bits per heavy atom. The fourth-order valence-corrected chi connectivity index (χ4v) is 3.16. The lowest BCUT2D eigenvalue weighted by Gasteiger charge is -2.11. The zero-order valence-electron chi connectivity index (χ0n) is 16.8. The van der Waals surface area contributed by atoms with E-state index in [-0.39, 0.29) is 22.3 Å². The van der Waals surface area contributed by atoms with Crippen LogP contribution in [0.2, 0.25) is 5.02 Å². The third-order valence-electron chi connectivity index (χ3n) is 4.34. The Bertz CT molecular complexity index is 1140. The van der Waals surface area contributed by atoms with Gasteiger partial charge in [0.05, 0.1) is 17.2 Å². The summed E-state index contributed by atoms with van der Waals surface area (Å²) in [6.45, 7) is 2.35. The minimum Gasteiger partial charge on any atom is -0.494 e. The Labute approximate surface area is 183 Å². The van der Waals surface area contributed by atoms with Gasteiger partial charge in [0.25, 0.3) is 17.7 Å². The number of benzene rings is 2. The van der Waals surface area contributed by atoms with E-state index in [9.17, 15) is 14.4 Å². The van der Waals surface area contributed by atoms with Gasteiger partial charge in [0.2, 0.25) is 0 Å². The second-order valence-electron chi connectivity index (χ2n) is 6.33. The number of rotatable bonds is 7. The predicted octanol–water partition coefficient (Wildman–Crippen LogP) is 2.64. The van der Waals surface area contributed by atoms with Gasteiger partial charge < -0.3 is 21.1 Å². The lowest BCUT2D eigenvalue weighted by atomic mass is 10.2. The normalized spacial score (nSPS) is 10.4. The summed E-state index contributed by atoms with van der Waals surface area (Å²) in [6.07, 6.45) is 1.33. The number of carbonyl (C=O) groups excluding carboxylic acids is 3. The lowest BCUT2D eigenvalue weighted by molar-refractivity contribution is 0.0937. The molecule has 4 N–H and O–H groups in total. The molecule has 0 fully saturated rings. The summed E-state index contributed by atoms with van der Waals surface area (Å²) in [6, 6.07) is 11.4. The Hall–Kier alpha value is -3.85. The second-order valence-corrected chi connectivity index (χ2v) is 6.74. The number of nitrogens with two attached hydrogens (primary N) is 1. The zero-order chi connectivity index (χ0) is 22.5. The predicted molar refractivity (Wildman–Crippen MR) is 116 cm³/mol. The zero-order valence-corrected chi connectivity index (χ0v) is 17.6. The van der Waals surface area contributed by atoms with Crippen molar-refractivity contribution in [2.45, 2.75) is 6.92 Å². The maximum absolute atomic E-state index is 12.6. The van der Waals surface area contributed by atoms with Crippen LogP contribution < -0.4 is 21.1 Å². The van der Waals surface area contributed by atoms with Crippen molar-refractivity contribution < 1.29 is 19.1 Å². The van der Waals surface area contributed by atoms with Crippen LogP contribution in [0.15, 0.2) is 48.8 Å². The van der Waals surface area contributed by atoms with Crippen LogP contribution in [-0.2, 0) is 0 Å². The molecule has 0 radical (unpaired) electrons. The van der Waals surface area contributed by atoms with Gasteiger partial charge in [-0.1, -0.05) is 11.6 Å². The molecule has 31 heavy (non-hydrogen) atoms. The summed E-state index contributed by atoms with van der Waals surface area (Å²) in [5, 5.41) is 5.44. The molecule has 9 nitrogen and oxygen atoms in total. The molecule has 1 heterocycles. The van der Waals surface area contributed by atoms with Crippen molar-refractivity contribution in [3.05, 3.63) is 70.8 Å². The fourth-order valence-electron chi connectivity index (χ4n) is 2.90. The number of imidazole rings is 1. The van der Waals surface area contributed by atoms with E-state index < -0.39 is 11.8 Å². The van der Waals surface area contributed by atoms with E-state index in [2.05, 4.69) is 15.6 Å². The third-order valence-corrected chi connectivity index (χ3v) is 4.66. The molecule has 10 heteroatoms. The average molecular weight is 442 g/mol. The maximum Gasteiger partial charge on any atom is 0.272 e. The first-order chi connectivity index (χ1) is 14.8. The smallest absolute Gasteiger partial charge is 0.272 e. The Morgan fingerprint density at radius 3 is 2.42 bits per heavy atom. The largest absolute Gasteiger partial charge is 0.494 e. The molecule has 0 aliphatic heterocycles. The van der Waals surface area contributed by atoms with Crippen LogP contribution in [0.5, 0.6) is 5.75 Å². The SMILES string of the molecule is CCOc1ccc(C(=O)Nc2ccc(-n3cnc(C(=O)NC)c3C(N)=O)cc2)c(Cl)c1. The minimum atomic E-state index is -0.793. The van der Waals surface area contributed by atoms with Gasteiger partial charge in [-0.3, -0.25) is 19.0 Å². The highest BCUT2D eigenvalue weighted by Crippen LogP contribution is 2.24. The van der Waals surface area contributed by atoms with Crippen LogP contribution in [0.25, 0.3) is 5.69 Å². The molecule has 0 atom stereocenters. The standard InChI is InChI=1S/C21H20ClN5O4/c1-3-31-14-8-9-15(16(22)10-14)20(29)26-12-4-6-13(7-5-12)27-11-25-17(21(30)24-2)18(27)19(23)28/h4-11H,3H2,1-2H3,(H2,23,28)(H,24,30)(H,26,29). The molecule has 0 aliphatic carbocycles. The second kappa shape index (κ2) is 9.31. The van der Waals surface area contributed by atoms with Gasteiger partial charge in [-0.05, 0) is 49.4 Å². The molecule has 0 aliphatic rings. The lowest BCUT2D eigenvalue weighted by Crippen LogP contribution is -2.25. The molecule has 0 bridgehead atoms. The van der Waals surface area contributed by atoms with Crippen molar-refractivity contribution in [1.29, 1.82) is 0 Å². The van der Waals surface area contributed by atoms with Crippen LogP contribution in [0.4, 0.5) is 5.69 Å². The first kappa shape index (κ1) is 21.8. The van der Waals surface area contributed by atoms with Gasteiger partial charge in [0, 0.05) is 18.4 Å². The molecule has 1 aromatic heterocycles. The molecule has 0 saturated carbocycles. The molecular formula is C21H20ClN5O4. The summed E-state index contributed by atoms with van der Waals surface area (Å²) in [5.74, 6) is -1.12. The topological polar surface area (TPSA) is 128 Å². The van der Waals surface area contributed by atoms with E-state index in [0.29, 0.717) is 29.3 Å². The number of nitrogens with zero attached hydrogens (tertiary/aromatic N) is 2.